The lowest BCUT2D eigenvalue weighted by Crippen LogP contribution is -2.57. The number of hydrogen-bond donors (Lipinski definition) is 1. The minimum Gasteiger partial charge on any atom is -0.494 e. The van der Waals surface area contributed by atoms with Crippen LogP contribution in [0.15, 0.2) is 58.9 Å². The zero-order valence-corrected chi connectivity index (χ0v) is 21.1. The molecule has 1 aliphatic heterocycles. The first-order valence-electron chi connectivity index (χ1n) is 10.7. The average molecular weight is 530 g/mol. The number of ether oxygens (including phenoxy) is 1. The third-order valence-corrected chi connectivity index (χ3v) is 8.45. The Labute approximate surface area is 208 Å². The fourth-order valence-electron chi connectivity index (χ4n) is 3.74. The number of halogens is 2. The summed E-state index contributed by atoms with van der Waals surface area (Å²) in [5.74, 6) is 0.862. The molecule has 178 valence electrons. The number of alkyl halides is 2. The first-order valence-corrected chi connectivity index (χ1v) is 13.8. The molecule has 7 nitrogen and oxygen atoms in total. The second-order valence-corrected chi connectivity index (χ2v) is 11.9. The Balaban J connectivity index is 1.21. The average Bonchev–Trinajstić information content (AvgIpc) is 3.26. The van der Waals surface area contributed by atoms with Gasteiger partial charge in [0.15, 0.2) is 4.46 Å². The van der Waals surface area contributed by atoms with Crippen LogP contribution in [-0.4, -0.2) is 73.5 Å². The second-order valence-electron chi connectivity index (χ2n) is 7.82. The number of thiazole rings is 1. The monoisotopic (exact) mass is 528 g/mol. The molecule has 1 aliphatic rings. The Bertz CT molecular complexity index is 1160. The topological polar surface area (TPSA) is 74.8 Å². The van der Waals surface area contributed by atoms with Crippen LogP contribution in [0.5, 0.6) is 5.75 Å². The summed E-state index contributed by atoms with van der Waals surface area (Å²) >= 11 is 14.6. The predicted octanol–water partition coefficient (Wildman–Crippen LogP) is 3.79. The molecule has 0 radical (unpaired) electrons. The third-order valence-electron chi connectivity index (χ3n) is 5.48. The quantitative estimate of drug-likeness (QED) is 0.245. The van der Waals surface area contributed by atoms with E-state index in [-0.39, 0.29) is 11.4 Å². The van der Waals surface area contributed by atoms with E-state index < -0.39 is 14.5 Å². The van der Waals surface area contributed by atoms with Crippen molar-refractivity contribution in [3.63, 3.8) is 0 Å². The molecular formula is C22H26Cl2N4O3S2. The Hall–Kier alpha value is -1.46. The van der Waals surface area contributed by atoms with Gasteiger partial charge in [-0.05, 0) is 36.8 Å². The molecule has 0 saturated carbocycles. The summed E-state index contributed by atoms with van der Waals surface area (Å²) in [5, 5.41) is 0. The minimum atomic E-state index is -3.62. The molecule has 0 bridgehead atoms. The highest BCUT2D eigenvalue weighted by Crippen LogP contribution is 2.30. The molecule has 2 aromatic carbocycles. The van der Waals surface area contributed by atoms with E-state index in [0.29, 0.717) is 26.2 Å². The highest BCUT2D eigenvalue weighted by molar-refractivity contribution is 7.89. The van der Waals surface area contributed by atoms with E-state index in [9.17, 15) is 8.42 Å². The summed E-state index contributed by atoms with van der Waals surface area (Å²) in [6.07, 6.45) is 0.864. The van der Waals surface area contributed by atoms with Crippen molar-refractivity contribution in [3.8, 4) is 5.75 Å². The summed E-state index contributed by atoms with van der Waals surface area (Å²) in [7, 11) is -3.62. The highest BCUT2D eigenvalue weighted by atomic mass is 35.5. The van der Waals surface area contributed by atoms with Gasteiger partial charge < -0.3 is 4.74 Å². The lowest BCUT2D eigenvalue weighted by molar-refractivity contribution is 0.0900. The molecule has 3 aromatic rings. The molecular weight excluding hydrogens is 503 g/mol. The molecule has 0 atom stereocenters. The maximum absolute atomic E-state index is 12.7. The largest absolute Gasteiger partial charge is 0.494 e. The van der Waals surface area contributed by atoms with Gasteiger partial charge in [0.1, 0.15) is 5.75 Å². The number of hydrogen-bond acceptors (Lipinski definition) is 7. The van der Waals surface area contributed by atoms with Crippen LogP contribution in [-0.2, 0) is 10.0 Å². The fourth-order valence-corrected chi connectivity index (χ4v) is 6.25. The zero-order valence-electron chi connectivity index (χ0n) is 18.0. The maximum Gasteiger partial charge on any atom is 0.240 e. The fraction of sp³-hybridized carbons (Fsp3) is 0.409. The van der Waals surface area contributed by atoms with Crippen molar-refractivity contribution in [3.05, 3.63) is 54.0 Å². The van der Waals surface area contributed by atoms with Crippen LogP contribution in [0.2, 0.25) is 0 Å². The first kappa shape index (κ1) is 24.7. The molecule has 0 unspecified atom stereocenters. The van der Waals surface area contributed by atoms with Crippen LogP contribution >= 0.6 is 34.5 Å². The molecule has 0 aliphatic carbocycles. The van der Waals surface area contributed by atoms with Crippen LogP contribution in [0.3, 0.4) is 0 Å². The van der Waals surface area contributed by atoms with Gasteiger partial charge >= 0.3 is 0 Å². The molecule has 1 aromatic heterocycles. The molecule has 1 saturated heterocycles. The summed E-state index contributed by atoms with van der Waals surface area (Å²) in [6.45, 7) is 4.03. The van der Waals surface area contributed by atoms with E-state index in [1.165, 1.54) is 11.3 Å². The van der Waals surface area contributed by atoms with E-state index in [1.807, 2.05) is 35.2 Å². The van der Waals surface area contributed by atoms with E-state index in [2.05, 4.69) is 14.6 Å². The van der Waals surface area contributed by atoms with Crippen molar-refractivity contribution in [1.29, 1.82) is 0 Å². The maximum atomic E-state index is 12.7. The van der Waals surface area contributed by atoms with E-state index in [4.69, 9.17) is 27.9 Å². The third kappa shape index (κ3) is 6.57. The van der Waals surface area contributed by atoms with Gasteiger partial charge in [0, 0.05) is 39.3 Å². The molecule has 0 amide bonds. The van der Waals surface area contributed by atoms with Gasteiger partial charge in [-0.25, -0.2) is 18.1 Å². The van der Waals surface area contributed by atoms with Crippen molar-refractivity contribution in [2.24, 2.45) is 0 Å². The van der Waals surface area contributed by atoms with Crippen LogP contribution in [0, 0.1) is 0 Å². The van der Waals surface area contributed by atoms with Crippen LogP contribution in [0.1, 0.15) is 6.42 Å². The lowest BCUT2D eigenvalue weighted by atomic mass is 10.3. The van der Waals surface area contributed by atoms with Gasteiger partial charge in [-0.2, -0.15) is 0 Å². The summed E-state index contributed by atoms with van der Waals surface area (Å²) in [6, 6.07) is 14.7. The minimum absolute atomic E-state index is 0.217. The summed E-state index contributed by atoms with van der Waals surface area (Å²) in [5.41, 5.74) is 2.49. The number of aromatic nitrogens is 1. The Morgan fingerprint density at radius 1 is 1.12 bits per heavy atom. The van der Waals surface area contributed by atoms with Gasteiger partial charge in [-0.3, -0.25) is 9.80 Å². The van der Waals surface area contributed by atoms with Crippen LogP contribution < -0.4 is 9.46 Å². The van der Waals surface area contributed by atoms with Gasteiger partial charge in [-0.15, -0.1) is 11.3 Å². The summed E-state index contributed by atoms with van der Waals surface area (Å²) in [4.78, 5) is 8.52. The number of para-hydroxylation sites is 1. The summed E-state index contributed by atoms with van der Waals surface area (Å²) < 4.78 is 33.5. The molecule has 4 rings (SSSR count). The smallest absolute Gasteiger partial charge is 0.240 e. The Morgan fingerprint density at radius 2 is 1.94 bits per heavy atom. The van der Waals surface area contributed by atoms with E-state index in [1.54, 1.807) is 23.7 Å². The molecule has 0 spiro atoms. The van der Waals surface area contributed by atoms with Gasteiger partial charge in [0.2, 0.25) is 10.0 Å². The standard InChI is InChI=1S/C22H26Cl2N4O3S2/c23-22(24)16-27(10-4-14-31-18-5-2-1-3-6-18)12-13-28(22)11-9-26-33(29,30)19-7-8-20-21(15-19)32-17-25-20/h1-3,5-8,15,17,26H,4,9-14,16H2. The number of nitrogens with one attached hydrogen (secondary N) is 1. The van der Waals surface area contributed by atoms with Crippen molar-refractivity contribution in [2.45, 2.75) is 15.8 Å². The van der Waals surface area contributed by atoms with Gasteiger partial charge in [0.25, 0.3) is 0 Å². The molecule has 33 heavy (non-hydrogen) atoms. The number of nitrogens with zero attached hydrogens (tertiary/aromatic N) is 3. The lowest BCUT2D eigenvalue weighted by Gasteiger charge is -2.43. The first-order chi connectivity index (χ1) is 15.8. The van der Waals surface area contributed by atoms with Crippen molar-refractivity contribution in [2.75, 3.05) is 45.9 Å². The van der Waals surface area contributed by atoms with E-state index in [0.717, 1.165) is 35.5 Å². The number of piperazine rings is 1. The van der Waals surface area contributed by atoms with Gasteiger partial charge in [0.05, 0.1) is 27.2 Å². The Morgan fingerprint density at radius 3 is 2.73 bits per heavy atom. The van der Waals surface area contributed by atoms with Crippen molar-refractivity contribution >= 4 is 54.8 Å². The zero-order chi connectivity index (χ0) is 23.3. The SMILES string of the molecule is O=S(=O)(NCCN1CCN(CCCOc2ccccc2)CC1(Cl)Cl)c1ccc2ncsc2c1. The van der Waals surface area contributed by atoms with Crippen LogP contribution in [0.4, 0.5) is 0 Å². The number of benzene rings is 2. The highest BCUT2D eigenvalue weighted by Gasteiger charge is 2.38. The van der Waals surface area contributed by atoms with Crippen LogP contribution in [0.25, 0.3) is 10.2 Å². The number of fused-ring (bicyclic) bond motifs is 1. The number of rotatable bonds is 10. The molecule has 2 heterocycles. The Kier molecular flexibility index (Phi) is 8.11. The normalized spacial score (nSPS) is 17.4. The molecule has 1 fully saturated rings. The second kappa shape index (κ2) is 10.9. The molecule has 1 N–H and O–H groups in total. The van der Waals surface area contributed by atoms with Crippen molar-refractivity contribution in [1.82, 2.24) is 19.5 Å². The van der Waals surface area contributed by atoms with Crippen molar-refractivity contribution < 1.29 is 13.2 Å². The predicted molar refractivity (Wildman–Crippen MR) is 134 cm³/mol. The molecule has 11 heteroatoms. The van der Waals surface area contributed by atoms with E-state index >= 15 is 0 Å². The number of sulfonamides is 1. The van der Waals surface area contributed by atoms with Gasteiger partial charge in [-0.1, -0.05) is 41.4 Å².